The maximum Gasteiger partial charge on any atom is 0.305 e. The average molecular weight is 235 g/mol. The van der Waals surface area contributed by atoms with Crippen molar-refractivity contribution in [1.29, 1.82) is 0 Å². The van der Waals surface area contributed by atoms with Crippen LogP contribution in [0.5, 0.6) is 0 Å². The Morgan fingerprint density at radius 2 is 1.91 bits per heavy atom. The summed E-state index contributed by atoms with van der Waals surface area (Å²) >= 11 is 0. The van der Waals surface area contributed by atoms with Gasteiger partial charge in [0, 0.05) is 32.6 Å². The molecule has 64 valence electrons. The first kappa shape index (κ1) is 13.9. The molecular formula is C8H16O2Zr. The molecule has 0 aliphatic heterocycles. The topological polar surface area (TPSA) is 26.3 Å². The zero-order valence-electron chi connectivity index (χ0n) is 7.35. The van der Waals surface area contributed by atoms with Crippen LogP contribution >= 0.6 is 0 Å². The van der Waals surface area contributed by atoms with Gasteiger partial charge in [-0.2, -0.15) is 0 Å². The van der Waals surface area contributed by atoms with Crippen molar-refractivity contribution >= 4 is 5.97 Å². The molecule has 0 rings (SSSR count). The van der Waals surface area contributed by atoms with E-state index in [1.165, 1.54) is 0 Å². The van der Waals surface area contributed by atoms with E-state index >= 15 is 0 Å². The van der Waals surface area contributed by atoms with Gasteiger partial charge >= 0.3 is 5.97 Å². The van der Waals surface area contributed by atoms with E-state index in [1.807, 2.05) is 6.92 Å². The van der Waals surface area contributed by atoms with Gasteiger partial charge < -0.3 is 4.74 Å². The SMILES string of the molecule is CCCCOC(=O)CCC.[Zr]. The van der Waals surface area contributed by atoms with Crippen LogP contribution in [0.2, 0.25) is 0 Å². The van der Waals surface area contributed by atoms with Crippen molar-refractivity contribution in [2.45, 2.75) is 39.5 Å². The van der Waals surface area contributed by atoms with Gasteiger partial charge in [0.2, 0.25) is 0 Å². The Labute approximate surface area is 87.8 Å². The average Bonchev–Trinajstić information content (AvgIpc) is 1.89. The van der Waals surface area contributed by atoms with Gasteiger partial charge in [0.05, 0.1) is 6.61 Å². The molecule has 0 saturated carbocycles. The summed E-state index contributed by atoms with van der Waals surface area (Å²) in [6, 6.07) is 0. The van der Waals surface area contributed by atoms with Crippen LogP contribution in [0.25, 0.3) is 0 Å². The first-order valence-electron chi connectivity index (χ1n) is 3.96. The number of hydrogen-bond donors (Lipinski definition) is 0. The number of esters is 1. The van der Waals surface area contributed by atoms with Crippen LogP contribution < -0.4 is 0 Å². The van der Waals surface area contributed by atoms with E-state index in [1.54, 1.807) is 0 Å². The summed E-state index contributed by atoms with van der Waals surface area (Å²) in [5.74, 6) is -0.0593. The minimum atomic E-state index is -0.0593. The van der Waals surface area contributed by atoms with Crippen LogP contribution in [0.3, 0.4) is 0 Å². The fourth-order valence-electron chi connectivity index (χ4n) is 0.607. The zero-order valence-corrected chi connectivity index (χ0v) is 9.81. The Morgan fingerprint density at radius 1 is 1.27 bits per heavy atom. The summed E-state index contributed by atoms with van der Waals surface area (Å²) in [7, 11) is 0. The third kappa shape index (κ3) is 10.4. The van der Waals surface area contributed by atoms with Crippen molar-refractivity contribution in [3.63, 3.8) is 0 Å². The van der Waals surface area contributed by atoms with Crippen LogP contribution in [0, 0.1) is 0 Å². The van der Waals surface area contributed by atoms with Crippen molar-refractivity contribution in [3.8, 4) is 0 Å². The van der Waals surface area contributed by atoms with E-state index in [4.69, 9.17) is 4.74 Å². The first-order valence-corrected chi connectivity index (χ1v) is 3.96. The van der Waals surface area contributed by atoms with Gasteiger partial charge in [0.15, 0.2) is 0 Å². The van der Waals surface area contributed by atoms with Crippen molar-refractivity contribution < 1.29 is 35.7 Å². The molecule has 0 aromatic rings. The summed E-state index contributed by atoms with van der Waals surface area (Å²) in [5.41, 5.74) is 0. The van der Waals surface area contributed by atoms with Gasteiger partial charge in [-0.05, 0) is 12.8 Å². The van der Waals surface area contributed by atoms with Gasteiger partial charge in [0.25, 0.3) is 0 Å². The molecule has 0 heterocycles. The summed E-state index contributed by atoms with van der Waals surface area (Å²) in [4.78, 5) is 10.7. The maximum atomic E-state index is 10.7. The number of carbonyl (C=O) groups excluding carboxylic acids is 1. The molecule has 0 bridgehead atoms. The molecule has 11 heavy (non-hydrogen) atoms. The second kappa shape index (κ2) is 10.4. The third-order valence-electron chi connectivity index (χ3n) is 1.22. The van der Waals surface area contributed by atoms with E-state index in [0.717, 1.165) is 19.3 Å². The van der Waals surface area contributed by atoms with Crippen LogP contribution in [0.15, 0.2) is 0 Å². The molecule has 0 amide bonds. The number of hydrogen-bond acceptors (Lipinski definition) is 2. The van der Waals surface area contributed by atoms with E-state index in [-0.39, 0.29) is 32.2 Å². The third-order valence-corrected chi connectivity index (χ3v) is 1.22. The predicted octanol–water partition coefficient (Wildman–Crippen LogP) is 2.13. The van der Waals surface area contributed by atoms with Crippen molar-refractivity contribution in [2.24, 2.45) is 0 Å². The summed E-state index contributed by atoms with van der Waals surface area (Å²) < 4.78 is 4.88. The smallest absolute Gasteiger partial charge is 0.305 e. The molecule has 0 aliphatic rings. The molecule has 0 N–H and O–H groups in total. The monoisotopic (exact) mass is 234 g/mol. The second-order valence-corrected chi connectivity index (χ2v) is 2.32. The molecule has 0 aromatic carbocycles. The molecule has 2 nitrogen and oxygen atoms in total. The molecule has 0 aromatic heterocycles. The zero-order chi connectivity index (χ0) is 7.82. The molecule has 0 aliphatic carbocycles. The van der Waals surface area contributed by atoms with Crippen molar-refractivity contribution in [1.82, 2.24) is 0 Å². The van der Waals surface area contributed by atoms with E-state index < -0.39 is 0 Å². The number of ether oxygens (including phenoxy) is 1. The molecule has 0 fully saturated rings. The molecule has 0 spiro atoms. The minimum absolute atomic E-state index is 0. The van der Waals surface area contributed by atoms with Gasteiger partial charge in [-0.1, -0.05) is 20.3 Å². The van der Waals surface area contributed by atoms with E-state index in [0.29, 0.717) is 13.0 Å². The Morgan fingerprint density at radius 3 is 2.36 bits per heavy atom. The largest absolute Gasteiger partial charge is 0.466 e. The van der Waals surface area contributed by atoms with Crippen molar-refractivity contribution in [3.05, 3.63) is 0 Å². The van der Waals surface area contributed by atoms with Gasteiger partial charge in [-0.25, -0.2) is 0 Å². The summed E-state index contributed by atoms with van der Waals surface area (Å²) in [6.45, 7) is 4.64. The fourth-order valence-corrected chi connectivity index (χ4v) is 0.607. The fraction of sp³-hybridized carbons (Fsp3) is 0.875. The Hall–Kier alpha value is 0.353. The quantitative estimate of drug-likeness (QED) is 0.539. The number of carbonyl (C=O) groups is 1. The molecule has 3 heteroatoms. The van der Waals surface area contributed by atoms with Crippen LogP contribution in [0.4, 0.5) is 0 Å². The maximum absolute atomic E-state index is 10.7. The van der Waals surface area contributed by atoms with Crippen molar-refractivity contribution in [2.75, 3.05) is 6.61 Å². The Kier molecular flexibility index (Phi) is 13.1. The number of rotatable bonds is 5. The van der Waals surface area contributed by atoms with Crippen LogP contribution in [0.1, 0.15) is 39.5 Å². The Bertz CT molecular complexity index is 94.1. The first-order chi connectivity index (χ1) is 4.81. The minimum Gasteiger partial charge on any atom is -0.466 e. The Balaban J connectivity index is 0. The molecule has 0 unspecified atom stereocenters. The number of unbranched alkanes of at least 4 members (excludes halogenated alkanes) is 1. The summed E-state index contributed by atoms with van der Waals surface area (Å²) in [6.07, 6.45) is 3.50. The van der Waals surface area contributed by atoms with Gasteiger partial charge in [-0.3, -0.25) is 4.79 Å². The standard InChI is InChI=1S/C8H16O2.Zr/c1-3-5-7-10-8(9)6-4-2;/h3-7H2,1-2H3;. The van der Waals surface area contributed by atoms with Gasteiger partial charge in [0.1, 0.15) is 0 Å². The van der Waals surface area contributed by atoms with E-state index in [9.17, 15) is 4.79 Å². The summed E-state index contributed by atoms with van der Waals surface area (Å²) in [5, 5.41) is 0. The van der Waals surface area contributed by atoms with E-state index in [2.05, 4.69) is 6.92 Å². The molecule has 0 radical (unpaired) electrons. The van der Waals surface area contributed by atoms with Crippen LogP contribution in [-0.2, 0) is 35.7 Å². The molecular weight excluding hydrogens is 219 g/mol. The van der Waals surface area contributed by atoms with Gasteiger partial charge in [-0.15, -0.1) is 0 Å². The normalized spacial score (nSPS) is 8.55. The molecule has 0 atom stereocenters. The van der Waals surface area contributed by atoms with Crippen LogP contribution in [-0.4, -0.2) is 12.6 Å². The predicted molar refractivity (Wildman–Crippen MR) is 40.8 cm³/mol. The molecule has 0 saturated heterocycles. The second-order valence-electron chi connectivity index (χ2n) is 2.32.